The number of hydrogen-bond donors (Lipinski definition) is 2. The molecule has 8 nitrogen and oxygen atoms in total. The zero-order valence-corrected chi connectivity index (χ0v) is 17.4. The highest BCUT2D eigenvalue weighted by atomic mass is 32.2. The summed E-state index contributed by atoms with van der Waals surface area (Å²) in [5.41, 5.74) is 1.64. The van der Waals surface area contributed by atoms with E-state index in [-0.39, 0.29) is 16.3 Å². The van der Waals surface area contributed by atoms with Crippen LogP contribution >= 0.6 is 0 Å². The minimum absolute atomic E-state index is 0.0131. The van der Waals surface area contributed by atoms with Crippen molar-refractivity contribution in [2.24, 2.45) is 0 Å². The fourth-order valence-corrected chi connectivity index (χ4v) is 3.65. The molecule has 0 spiro atoms. The number of carboxylic acids is 1. The largest absolute Gasteiger partial charge is 0.477 e. The van der Waals surface area contributed by atoms with Gasteiger partial charge in [-0.05, 0) is 36.2 Å². The number of hydrogen-bond acceptors (Lipinski definition) is 6. The van der Waals surface area contributed by atoms with Crippen LogP contribution < -0.4 is 5.32 Å². The minimum Gasteiger partial charge on any atom is -0.477 e. The Morgan fingerprint density at radius 3 is 2.30 bits per heavy atom. The molecule has 0 bridgehead atoms. The van der Waals surface area contributed by atoms with Gasteiger partial charge in [-0.15, -0.1) is 0 Å². The summed E-state index contributed by atoms with van der Waals surface area (Å²) < 4.78 is 25.5. The van der Waals surface area contributed by atoms with Crippen molar-refractivity contribution in [3.63, 3.8) is 0 Å². The van der Waals surface area contributed by atoms with Crippen molar-refractivity contribution in [2.45, 2.75) is 17.7 Å². The van der Waals surface area contributed by atoms with Crippen LogP contribution in [0.15, 0.2) is 65.7 Å². The van der Waals surface area contributed by atoms with Gasteiger partial charge in [-0.2, -0.15) is 0 Å². The molecule has 1 aromatic heterocycles. The molecule has 2 aromatic carbocycles. The van der Waals surface area contributed by atoms with Gasteiger partial charge >= 0.3 is 5.97 Å². The van der Waals surface area contributed by atoms with E-state index < -0.39 is 16.0 Å². The van der Waals surface area contributed by atoms with Crippen LogP contribution in [0.2, 0.25) is 0 Å². The van der Waals surface area contributed by atoms with Gasteiger partial charge in [-0.1, -0.05) is 30.3 Å². The predicted octanol–water partition coefficient (Wildman–Crippen LogP) is 2.95. The van der Waals surface area contributed by atoms with Gasteiger partial charge in [0, 0.05) is 32.4 Å². The topological polar surface area (TPSA) is 112 Å². The third-order valence-corrected chi connectivity index (χ3v) is 6.27. The molecule has 0 aliphatic carbocycles. The Morgan fingerprint density at radius 2 is 1.70 bits per heavy atom. The lowest BCUT2D eigenvalue weighted by molar-refractivity contribution is 0.0697. The first-order valence-corrected chi connectivity index (χ1v) is 10.6. The maximum absolute atomic E-state index is 12.1. The maximum atomic E-state index is 12.1. The molecular formula is C21H22N4O4S. The number of anilines is 2. The zero-order valence-electron chi connectivity index (χ0n) is 16.6. The van der Waals surface area contributed by atoms with E-state index in [4.69, 9.17) is 0 Å². The standard InChI is InChI=1S/C21H22N4O4S/c1-25(2)30(28,29)17-11-8-15(9-12-17)10-13-19-22-14-18(21(26)27)20(24-19)23-16-6-4-3-5-7-16/h3-9,11-12,14H,10,13H2,1-2H3,(H,26,27)(H,22,23,24). The Bertz CT molecular complexity index is 1130. The number of sulfonamides is 1. The number of para-hydroxylation sites is 1. The average molecular weight is 426 g/mol. The Morgan fingerprint density at radius 1 is 1.03 bits per heavy atom. The smallest absolute Gasteiger partial charge is 0.341 e. The van der Waals surface area contributed by atoms with Crippen molar-refractivity contribution in [3.05, 3.63) is 77.7 Å². The molecule has 0 fully saturated rings. The fraction of sp³-hybridized carbons (Fsp3) is 0.190. The molecule has 2 N–H and O–H groups in total. The van der Waals surface area contributed by atoms with Gasteiger partial charge in [0.05, 0.1) is 4.90 Å². The lowest BCUT2D eigenvalue weighted by Gasteiger charge is -2.12. The molecule has 1 heterocycles. The number of carbonyl (C=O) groups is 1. The summed E-state index contributed by atoms with van der Waals surface area (Å²) in [4.78, 5) is 20.3. The highest BCUT2D eigenvalue weighted by molar-refractivity contribution is 7.89. The van der Waals surface area contributed by atoms with Gasteiger partial charge < -0.3 is 10.4 Å². The number of benzene rings is 2. The maximum Gasteiger partial charge on any atom is 0.341 e. The van der Waals surface area contributed by atoms with E-state index in [2.05, 4.69) is 15.3 Å². The Balaban J connectivity index is 1.75. The summed E-state index contributed by atoms with van der Waals surface area (Å²) in [6, 6.07) is 15.8. The second kappa shape index (κ2) is 9.02. The van der Waals surface area contributed by atoms with E-state index >= 15 is 0 Å². The lowest BCUT2D eigenvalue weighted by atomic mass is 10.1. The second-order valence-electron chi connectivity index (χ2n) is 6.78. The number of nitrogens with zero attached hydrogens (tertiary/aromatic N) is 3. The summed E-state index contributed by atoms with van der Waals surface area (Å²) >= 11 is 0. The van der Waals surface area contributed by atoms with Crippen molar-refractivity contribution < 1.29 is 18.3 Å². The van der Waals surface area contributed by atoms with Crippen molar-refractivity contribution >= 4 is 27.5 Å². The molecule has 9 heteroatoms. The van der Waals surface area contributed by atoms with Crippen LogP contribution in [0.4, 0.5) is 11.5 Å². The molecule has 0 aliphatic heterocycles. The molecule has 0 unspecified atom stereocenters. The van der Waals surface area contributed by atoms with Crippen molar-refractivity contribution in [3.8, 4) is 0 Å². The molecule has 0 aliphatic rings. The van der Waals surface area contributed by atoms with E-state index in [0.29, 0.717) is 18.7 Å². The summed E-state index contributed by atoms with van der Waals surface area (Å²) in [6.45, 7) is 0. The van der Waals surface area contributed by atoms with Crippen LogP contribution in [0, 0.1) is 0 Å². The number of aryl methyl sites for hydroxylation is 2. The van der Waals surface area contributed by atoms with Gasteiger partial charge in [0.2, 0.25) is 10.0 Å². The number of aromatic carboxylic acids is 1. The van der Waals surface area contributed by atoms with Crippen molar-refractivity contribution in [1.29, 1.82) is 0 Å². The first-order valence-electron chi connectivity index (χ1n) is 9.20. The number of aromatic nitrogens is 2. The van der Waals surface area contributed by atoms with E-state index in [1.807, 2.05) is 30.3 Å². The van der Waals surface area contributed by atoms with Gasteiger partial charge in [-0.3, -0.25) is 0 Å². The number of carboxylic acid groups (broad SMARTS) is 1. The monoisotopic (exact) mass is 426 g/mol. The third-order valence-electron chi connectivity index (χ3n) is 4.44. The van der Waals surface area contributed by atoms with Crippen LogP contribution in [-0.4, -0.2) is 47.9 Å². The van der Waals surface area contributed by atoms with Crippen LogP contribution in [0.25, 0.3) is 0 Å². The van der Waals surface area contributed by atoms with Gasteiger partial charge in [0.25, 0.3) is 0 Å². The Kier molecular flexibility index (Phi) is 6.43. The van der Waals surface area contributed by atoms with Gasteiger partial charge in [0.15, 0.2) is 0 Å². The highest BCUT2D eigenvalue weighted by Crippen LogP contribution is 2.19. The summed E-state index contributed by atoms with van der Waals surface area (Å²) in [6.07, 6.45) is 2.35. The van der Waals surface area contributed by atoms with E-state index in [9.17, 15) is 18.3 Å². The van der Waals surface area contributed by atoms with Crippen LogP contribution in [-0.2, 0) is 22.9 Å². The van der Waals surface area contributed by atoms with E-state index in [1.165, 1.54) is 24.6 Å². The quantitative estimate of drug-likeness (QED) is 0.569. The minimum atomic E-state index is -3.46. The predicted molar refractivity (Wildman–Crippen MR) is 113 cm³/mol. The number of nitrogens with one attached hydrogen (secondary N) is 1. The first kappa shape index (κ1) is 21.4. The zero-order chi connectivity index (χ0) is 21.7. The Hall–Kier alpha value is -3.30. The normalized spacial score (nSPS) is 11.4. The van der Waals surface area contributed by atoms with Crippen LogP contribution in [0.1, 0.15) is 21.7 Å². The molecule has 30 heavy (non-hydrogen) atoms. The van der Waals surface area contributed by atoms with Crippen molar-refractivity contribution in [1.82, 2.24) is 14.3 Å². The highest BCUT2D eigenvalue weighted by Gasteiger charge is 2.17. The Labute approximate surface area is 175 Å². The molecule has 0 radical (unpaired) electrons. The first-order chi connectivity index (χ1) is 14.3. The van der Waals surface area contributed by atoms with Crippen LogP contribution in [0.3, 0.4) is 0 Å². The second-order valence-corrected chi connectivity index (χ2v) is 8.93. The lowest BCUT2D eigenvalue weighted by Crippen LogP contribution is -2.22. The van der Waals surface area contributed by atoms with Crippen LogP contribution in [0.5, 0.6) is 0 Å². The molecule has 0 atom stereocenters. The molecule has 0 amide bonds. The van der Waals surface area contributed by atoms with Gasteiger partial charge in [-0.25, -0.2) is 27.5 Å². The van der Waals surface area contributed by atoms with E-state index in [1.54, 1.807) is 24.3 Å². The summed E-state index contributed by atoms with van der Waals surface area (Å²) in [5.74, 6) is -0.396. The van der Waals surface area contributed by atoms with Gasteiger partial charge in [0.1, 0.15) is 17.2 Å². The van der Waals surface area contributed by atoms with E-state index in [0.717, 1.165) is 11.3 Å². The molecule has 3 aromatic rings. The molecule has 0 saturated heterocycles. The average Bonchev–Trinajstić information content (AvgIpc) is 2.73. The molecule has 156 valence electrons. The summed E-state index contributed by atoms with van der Waals surface area (Å²) in [5, 5.41) is 12.4. The molecule has 3 rings (SSSR count). The molecular weight excluding hydrogens is 404 g/mol. The van der Waals surface area contributed by atoms with Crippen molar-refractivity contribution in [2.75, 3.05) is 19.4 Å². The fourth-order valence-electron chi connectivity index (χ4n) is 2.74. The molecule has 0 saturated carbocycles. The third kappa shape index (κ3) is 5.00. The summed E-state index contributed by atoms with van der Waals surface area (Å²) in [7, 11) is -0.487. The SMILES string of the molecule is CN(C)S(=O)(=O)c1ccc(CCc2ncc(C(=O)O)c(Nc3ccccc3)n2)cc1. The number of rotatable bonds is 8.